The maximum atomic E-state index is 12.4. The normalized spacial score (nSPS) is 12.8. The van der Waals surface area contributed by atoms with Gasteiger partial charge in [0.05, 0.1) is 6.20 Å². The monoisotopic (exact) mass is 378 g/mol. The Morgan fingerprint density at radius 1 is 1.22 bits per heavy atom. The maximum absolute atomic E-state index is 12.4. The van der Waals surface area contributed by atoms with E-state index in [9.17, 15) is 18.0 Å². The molecule has 0 amide bonds. The van der Waals surface area contributed by atoms with E-state index in [1.165, 1.54) is 22.9 Å². The molecule has 0 saturated carbocycles. The number of ether oxygens (including phenoxy) is 1. The van der Waals surface area contributed by atoms with Crippen LogP contribution in [0.4, 0.5) is 13.2 Å². The molecule has 0 aliphatic heterocycles. The van der Waals surface area contributed by atoms with Crippen LogP contribution in [0.15, 0.2) is 41.5 Å². The highest BCUT2D eigenvalue weighted by Gasteiger charge is 2.31. The summed E-state index contributed by atoms with van der Waals surface area (Å²) in [6.45, 7) is 5.32. The minimum absolute atomic E-state index is 0.123. The molecule has 1 N–H and O–H groups in total. The van der Waals surface area contributed by atoms with Crippen LogP contribution in [0, 0.1) is 13.8 Å². The highest BCUT2D eigenvalue weighted by molar-refractivity contribution is 5.40. The summed E-state index contributed by atoms with van der Waals surface area (Å²) in [4.78, 5) is 18.4. The van der Waals surface area contributed by atoms with Gasteiger partial charge in [0.1, 0.15) is 11.6 Å². The van der Waals surface area contributed by atoms with Crippen molar-refractivity contribution in [2.24, 2.45) is 0 Å². The van der Waals surface area contributed by atoms with Gasteiger partial charge in [-0.15, -0.1) is 13.2 Å². The lowest BCUT2D eigenvalue weighted by atomic mass is 9.92. The molecule has 6 nitrogen and oxygen atoms in total. The Hall–Kier alpha value is -3.10. The Kier molecular flexibility index (Phi) is 4.77. The number of hydrogen-bond donors (Lipinski definition) is 1. The lowest BCUT2D eigenvalue weighted by Crippen LogP contribution is -2.17. The average Bonchev–Trinajstić information content (AvgIpc) is 3.02. The van der Waals surface area contributed by atoms with Crippen molar-refractivity contribution in [2.45, 2.75) is 33.1 Å². The van der Waals surface area contributed by atoms with E-state index in [0.717, 1.165) is 11.1 Å². The highest BCUT2D eigenvalue weighted by atomic mass is 19.4. The second-order valence-electron chi connectivity index (χ2n) is 6.20. The summed E-state index contributed by atoms with van der Waals surface area (Å²) >= 11 is 0. The van der Waals surface area contributed by atoms with Gasteiger partial charge in [-0.05, 0) is 42.7 Å². The molecule has 0 saturated heterocycles. The number of nitrogens with one attached hydrogen (secondary N) is 1. The summed E-state index contributed by atoms with van der Waals surface area (Å²) in [5.74, 6) is 0.482. The fourth-order valence-electron chi connectivity index (χ4n) is 2.88. The molecule has 142 valence electrons. The van der Waals surface area contributed by atoms with Crippen molar-refractivity contribution in [3.63, 3.8) is 0 Å². The van der Waals surface area contributed by atoms with Crippen molar-refractivity contribution in [3.05, 3.63) is 69.5 Å². The third-order valence-electron chi connectivity index (χ3n) is 4.13. The Morgan fingerprint density at radius 2 is 1.96 bits per heavy atom. The first-order chi connectivity index (χ1) is 12.6. The van der Waals surface area contributed by atoms with Crippen LogP contribution in [-0.4, -0.2) is 26.1 Å². The SMILES string of the molecule is Cc1nc(-n2cc(C(C)c3ccc(OC(F)(F)F)cc3C)cn2)cc(=O)[nH]1. The largest absolute Gasteiger partial charge is 0.573 e. The van der Waals surface area contributed by atoms with Gasteiger partial charge in [0.2, 0.25) is 0 Å². The summed E-state index contributed by atoms with van der Waals surface area (Å²) in [7, 11) is 0. The fraction of sp³-hybridized carbons (Fsp3) is 0.278. The van der Waals surface area contributed by atoms with E-state index in [1.807, 2.05) is 6.92 Å². The van der Waals surface area contributed by atoms with Crippen LogP contribution in [0.2, 0.25) is 0 Å². The molecule has 0 aliphatic carbocycles. The van der Waals surface area contributed by atoms with Crippen LogP contribution in [0.5, 0.6) is 5.75 Å². The Balaban J connectivity index is 1.87. The molecule has 1 atom stereocenters. The van der Waals surface area contributed by atoms with Crippen molar-refractivity contribution >= 4 is 0 Å². The molecular formula is C18H17F3N4O2. The van der Waals surface area contributed by atoms with Crippen molar-refractivity contribution in [1.82, 2.24) is 19.7 Å². The minimum atomic E-state index is -4.72. The third kappa shape index (κ3) is 4.36. The second-order valence-corrected chi connectivity index (χ2v) is 6.20. The van der Waals surface area contributed by atoms with E-state index in [-0.39, 0.29) is 17.2 Å². The van der Waals surface area contributed by atoms with Crippen LogP contribution < -0.4 is 10.3 Å². The standard InChI is InChI=1S/C18H17F3N4O2/c1-10-6-14(27-18(19,20)21)4-5-15(10)11(2)13-8-22-25(9-13)16-7-17(26)24-12(3)23-16/h4-9,11H,1-3H3,(H,23,24,26). The summed E-state index contributed by atoms with van der Waals surface area (Å²) in [5.41, 5.74) is 2.07. The molecule has 0 spiro atoms. The lowest BCUT2D eigenvalue weighted by molar-refractivity contribution is -0.274. The van der Waals surface area contributed by atoms with Gasteiger partial charge in [0, 0.05) is 18.2 Å². The van der Waals surface area contributed by atoms with Crippen LogP contribution in [0.1, 0.15) is 35.4 Å². The number of alkyl halides is 3. The molecule has 3 aromatic rings. The van der Waals surface area contributed by atoms with Gasteiger partial charge in [-0.3, -0.25) is 4.79 Å². The van der Waals surface area contributed by atoms with Crippen molar-refractivity contribution in [1.29, 1.82) is 0 Å². The number of hydrogen-bond acceptors (Lipinski definition) is 4. The molecule has 0 bridgehead atoms. The maximum Gasteiger partial charge on any atom is 0.573 e. The smallest absolute Gasteiger partial charge is 0.406 e. The molecule has 2 heterocycles. The first-order valence-electron chi connectivity index (χ1n) is 8.11. The number of aromatic amines is 1. The second kappa shape index (κ2) is 6.90. The van der Waals surface area contributed by atoms with Crippen LogP contribution in [-0.2, 0) is 0 Å². The van der Waals surface area contributed by atoms with Crippen molar-refractivity contribution in [3.8, 4) is 11.6 Å². The quantitative estimate of drug-likeness (QED) is 0.753. The number of aromatic nitrogens is 4. The van der Waals surface area contributed by atoms with Gasteiger partial charge in [-0.2, -0.15) is 5.10 Å². The molecular weight excluding hydrogens is 361 g/mol. The van der Waals surface area contributed by atoms with E-state index in [2.05, 4.69) is 19.8 Å². The summed E-state index contributed by atoms with van der Waals surface area (Å²) in [6.07, 6.45) is -1.34. The van der Waals surface area contributed by atoms with E-state index < -0.39 is 6.36 Å². The molecule has 1 unspecified atom stereocenters. The highest BCUT2D eigenvalue weighted by Crippen LogP contribution is 2.31. The van der Waals surface area contributed by atoms with E-state index in [4.69, 9.17) is 0 Å². The summed E-state index contributed by atoms with van der Waals surface area (Å²) < 4.78 is 42.5. The van der Waals surface area contributed by atoms with Crippen LogP contribution in [0.25, 0.3) is 5.82 Å². The van der Waals surface area contributed by atoms with Crippen molar-refractivity contribution in [2.75, 3.05) is 0 Å². The Bertz CT molecular complexity index is 1020. The van der Waals surface area contributed by atoms with Gasteiger partial charge >= 0.3 is 6.36 Å². The van der Waals surface area contributed by atoms with Gasteiger partial charge in [-0.25, -0.2) is 9.67 Å². The molecule has 0 radical (unpaired) electrons. The number of rotatable bonds is 4. The molecule has 2 aromatic heterocycles. The molecule has 9 heteroatoms. The topological polar surface area (TPSA) is 72.8 Å². The zero-order chi connectivity index (χ0) is 19.8. The summed E-state index contributed by atoms with van der Waals surface area (Å²) in [5, 5.41) is 4.24. The third-order valence-corrected chi connectivity index (χ3v) is 4.13. The molecule has 0 fully saturated rings. The summed E-state index contributed by atoms with van der Waals surface area (Å²) in [6, 6.07) is 5.58. The van der Waals surface area contributed by atoms with Gasteiger partial charge in [0.25, 0.3) is 5.56 Å². The molecule has 0 aliphatic rings. The molecule has 3 rings (SSSR count). The van der Waals surface area contributed by atoms with E-state index in [1.54, 1.807) is 32.3 Å². The lowest BCUT2D eigenvalue weighted by Gasteiger charge is -2.15. The van der Waals surface area contributed by atoms with Crippen LogP contribution in [0.3, 0.4) is 0 Å². The van der Waals surface area contributed by atoms with Gasteiger partial charge < -0.3 is 9.72 Å². The van der Waals surface area contributed by atoms with E-state index in [0.29, 0.717) is 17.2 Å². The fourth-order valence-corrected chi connectivity index (χ4v) is 2.88. The zero-order valence-electron chi connectivity index (χ0n) is 14.8. The molecule has 1 aromatic carbocycles. The predicted octanol–water partition coefficient (Wildman–Crippen LogP) is 3.62. The van der Waals surface area contributed by atoms with Gasteiger partial charge in [-0.1, -0.05) is 13.0 Å². The number of nitrogens with zero attached hydrogens (tertiary/aromatic N) is 3. The van der Waals surface area contributed by atoms with E-state index >= 15 is 0 Å². The Morgan fingerprint density at radius 3 is 2.59 bits per heavy atom. The Labute approximate surface area is 152 Å². The molecule has 27 heavy (non-hydrogen) atoms. The first kappa shape index (κ1) is 18.7. The predicted molar refractivity (Wildman–Crippen MR) is 92.1 cm³/mol. The number of H-pyrrole nitrogens is 1. The van der Waals surface area contributed by atoms with Crippen LogP contribution >= 0.6 is 0 Å². The zero-order valence-corrected chi connectivity index (χ0v) is 14.8. The number of benzene rings is 1. The number of aryl methyl sites for hydroxylation is 2. The number of halogens is 3. The van der Waals surface area contributed by atoms with Gasteiger partial charge in [0.15, 0.2) is 5.82 Å². The first-order valence-corrected chi connectivity index (χ1v) is 8.11. The average molecular weight is 378 g/mol. The minimum Gasteiger partial charge on any atom is -0.406 e. The van der Waals surface area contributed by atoms with Crippen molar-refractivity contribution < 1.29 is 17.9 Å².